The lowest BCUT2D eigenvalue weighted by Crippen LogP contribution is -1.91. The molecule has 18 heavy (non-hydrogen) atoms. The van der Waals surface area contributed by atoms with Crippen LogP contribution in [-0.4, -0.2) is 0 Å². The summed E-state index contributed by atoms with van der Waals surface area (Å²) in [5.41, 5.74) is 1.34. The first-order chi connectivity index (χ1) is 8.69. The van der Waals surface area contributed by atoms with Crippen molar-refractivity contribution in [2.24, 2.45) is 0 Å². The van der Waals surface area contributed by atoms with Crippen LogP contribution in [0, 0.1) is 0 Å². The largest absolute Gasteiger partial charge is 0.457 e. The molecule has 0 saturated heterocycles. The molecule has 0 bridgehead atoms. The molecule has 0 spiro atoms. The van der Waals surface area contributed by atoms with Crippen LogP contribution in [0.15, 0.2) is 48.5 Å². The number of benzene rings is 2. The van der Waals surface area contributed by atoms with Gasteiger partial charge in [-0.2, -0.15) is 0 Å². The van der Waals surface area contributed by atoms with Crippen molar-refractivity contribution in [3.63, 3.8) is 0 Å². The minimum atomic E-state index is 0.588. The molecular weight excluding hydrogens is 244 g/mol. The third-order valence-electron chi connectivity index (χ3n) is 3.09. The summed E-state index contributed by atoms with van der Waals surface area (Å²) < 4.78 is 5.74. The summed E-state index contributed by atoms with van der Waals surface area (Å²) in [4.78, 5) is 0. The highest BCUT2D eigenvalue weighted by Gasteiger charge is 2.03. The predicted octanol–water partition coefficient (Wildman–Crippen LogP) is 5.65. The molecule has 1 atom stereocenters. The van der Waals surface area contributed by atoms with E-state index in [0.29, 0.717) is 10.9 Å². The summed E-state index contributed by atoms with van der Waals surface area (Å²) in [6, 6.07) is 15.7. The molecule has 0 fully saturated rings. The number of hydrogen-bond donors (Lipinski definition) is 0. The van der Waals surface area contributed by atoms with Crippen LogP contribution in [0.1, 0.15) is 31.7 Å². The Morgan fingerprint density at radius 2 is 1.78 bits per heavy atom. The standard InChI is InChI=1S/C16H17ClO/c1-3-12(2)13-7-9-15(10-8-13)18-16-6-4-5-14(17)11-16/h4-12H,3H2,1-2H3. The monoisotopic (exact) mass is 260 g/mol. The van der Waals surface area contributed by atoms with Gasteiger partial charge in [-0.3, -0.25) is 0 Å². The lowest BCUT2D eigenvalue weighted by molar-refractivity contribution is 0.482. The van der Waals surface area contributed by atoms with Crippen molar-refractivity contribution in [1.29, 1.82) is 0 Å². The molecule has 0 aliphatic heterocycles. The number of hydrogen-bond acceptors (Lipinski definition) is 1. The third-order valence-corrected chi connectivity index (χ3v) is 3.33. The number of rotatable bonds is 4. The fourth-order valence-electron chi connectivity index (χ4n) is 1.77. The molecule has 0 aliphatic carbocycles. The van der Waals surface area contributed by atoms with Gasteiger partial charge in [0, 0.05) is 5.02 Å². The van der Waals surface area contributed by atoms with E-state index in [1.165, 1.54) is 5.56 Å². The Labute approximate surface area is 113 Å². The minimum Gasteiger partial charge on any atom is -0.457 e. The van der Waals surface area contributed by atoms with E-state index < -0.39 is 0 Å². The van der Waals surface area contributed by atoms with Crippen LogP contribution in [0.5, 0.6) is 11.5 Å². The molecule has 1 nitrogen and oxygen atoms in total. The Bertz CT molecular complexity index is 505. The van der Waals surface area contributed by atoms with E-state index in [4.69, 9.17) is 16.3 Å². The molecule has 1 unspecified atom stereocenters. The van der Waals surface area contributed by atoms with E-state index in [1.54, 1.807) is 0 Å². The Morgan fingerprint density at radius 3 is 2.39 bits per heavy atom. The summed E-state index contributed by atoms with van der Waals surface area (Å²) in [6.45, 7) is 4.42. The van der Waals surface area contributed by atoms with Crippen LogP contribution in [0.2, 0.25) is 5.02 Å². The second-order valence-corrected chi connectivity index (χ2v) is 4.87. The molecule has 2 aromatic carbocycles. The maximum Gasteiger partial charge on any atom is 0.128 e. The SMILES string of the molecule is CCC(C)c1ccc(Oc2cccc(Cl)c2)cc1. The molecule has 0 aromatic heterocycles. The molecular formula is C16H17ClO. The van der Waals surface area contributed by atoms with Crippen molar-refractivity contribution in [2.75, 3.05) is 0 Å². The van der Waals surface area contributed by atoms with Gasteiger partial charge in [-0.05, 0) is 48.2 Å². The van der Waals surface area contributed by atoms with Crippen molar-refractivity contribution >= 4 is 11.6 Å². The summed E-state index contributed by atoms with van der Waals surface area (Å²) in [5, 5.41) is 0.684. The van der Waals surface area contributed by atoms with Crippen LogP contribution < -0.4 is 4.74 Å². The van der Waals surface area contributed by atoms with Crippen LogP contribution in [0.3, 0.4) is 0 Å². The van der Waals surface area contributed by atoms with Gasteiger partial charge in [-0.25, -0.2) is 0 Å². The zero-order valence-electron chi connectivity index (χ0n) is 10.7. The van der Waals surface area contributed by atoms with Crippen molar-refractivity contribution in [1.82, 2.24) is 0 Å². The number of ether oxygens (including phenoxy) is 1. The van der Waals surface area contributed by atoms with E-state index in [-0.39, 0.29) is 0 Å². The average Bonchev–Trinajstić information content (AvgIpc) is 2.39. The highest BCUT2D eigenvalue weighted by atomic mass is 35.5. The molecule has 0 saturated carbocycles. The summed E-state index contributed by atoms with van der Waals surface area (Å²) in [7, 11) is 0. The quantitative estimate of drug-likeness (QED) is 0.691. The van der Waals surface area contributed by atoms with Crippen molar-refractivity contribution in [3.8, 4) is 11.5 Å². The Kier molecular flexibility index (Phi) is 4.27. The molecule has 2 heteroatoms. The maximum atomic E-state index is 5.92. The van der Waals surface area contributed by atoms with Crippen LogP contribution in [0.25, 0.3) is 0 Å². The minimum absolute atomic E-state index is 0.588. The topological polar surface area (TPSA) is 9.23 Å². The molecule has 0 heterocycles. The molecule has 94 valence electrons. The smallest absolute Gasteiger partial charge is 0.128 e. The Morgan fingerprint density at radius 1 is 1.06 bits per heavy atom. The van der Waals surface area contributed by atoms with Gasteiger partial charge in [0.15, 0.2) is 0 Å². The normalized spacial score (nSPS) is 12.2. The van der Waals surface area contributed by atoms with Gasteiger partial charge >= 0.3 is 0 Å². The van der Waals surface area contributed by atoms with Gasteiger partial charge in [-0.1, -0.05) is 43.6 Å². The second kappa shape index (κ2) is 5.92. The second-order valence-electron chi connectivity index (χ2n) is 4.44. The first-order valence-corrected chi connectivity index (χ1v) is 6.60. The summed E-state index contributed by atoms with van der Waals surface area (Å²) in [6.07, 6.45) is 1.15. The lowest BCUT2D eigenvalue weighted by atomic mass is 9.99. The van der Waals surface area contributed by atoms with Gasteiger partial charge in [0.1, 0.15) is 11.5 Å². The zero-order chi connectivity index (χ0) is 13.0. The predicted molar refractivity (Wildman–Crippen MR) is 76.7 cm³/mol. The summed E-state index contributed by atoms with van der Waals surface area (Å²) >= 11 is 5.92. The first-order valence-electron chi connectivity index (χ1n) is 6.22. The van der Waals surface area contributed by atoms with E-state index in [0.717, 1.165) is 17.9 Å². The van der Waals surface area contributed by atoms with Crippen molar-refractivity contribution < 1.29 is 4.74 Å². The van der Waals surface area contributed by atoms with Crippen molar-refractivity contribution in [3.05, 3.63) is 59.1 Å². The molecule has 0 aliphatic rings. The summed E-state index contributed by atoms with van der Waals surface area (Å²) in [5.74, 6) is 2.19. The molecule has 0 N–H and O–H groups in total. The highest BCUT2D eigenvalue weighted by molar-refractivity contribution is 6.30. The van der Waals surface area contributed by atoms with Gasteiger partial charge in [0.2, 0.25) is 0 Å². The number of halogens is 1. The van der Waals surface area contributed by atoms with Crippen LogP contribution in [-0.2, 0) is 0 Å². The van der Waals surface area contributed by atoms with E-state index in [9.17, 15) is 0 Å². The molecule has 2 rings (SSSR count). The third kappa shape index (κ3) is 3.27. The fourth-order valence-corrected chi connectivity index (χ4v) is 1.95. The maximum absolute atomic E-state index is 5.92. The van der Waals surface area contributed by atoms with Gasteiger partial charge in [-0.15, -0.1) is 0 Å². The highest BCUT2D eigenvalue weighted by Crippen LogP contribution is 2.26. The van der Waals surface area contributed by atoms with Crippen LogP contribution >= 0.6 is 11.6 Å². The average molecular weight is 261 g/mol. The van der Waals surface area contributed by atoms with Crippen LogP contribution in [0.4, 0.5) is 0 Å². The van der Waals surface area contributed by atoms with Crippen molar-refractivity contribution in [2.45, 2.75) is 26.2 Å². The molecule has 2 aromatic rings. The van der Waals surface area contributed by atoms with Gasteiger partial charge < -0.3 is 4.74 Å². The Hall–Kier alpha value is -1.47. The van der Waals surface area contributed by atoms with Gasteiger partial charge in [0.25, 0.3) is 0 Å². The molecule has 0 radical (unpaired) electrons. The van der Waals surface area contributed by atoms with E-state index in [2.05, 4.69) is 26.0 Å². The lowest BCUT2D eigenvalue weighted by Gasteiger charge is -2.10. The zero-order valence-corrected chi connectivity index (χ0v) is 11.4. The first kappa shape index (κ1) is 13.0. The molecule has 0 amide bonds. The van der Waals surface area contributed by atoms with Gasteiger partial charge in [0.05, 0.1) is 0 Å². The van der Waals surface area contributed by atoms with E-state index >= 15 is 0 Å². The van der Waals surface area contributed by atoms with E-state index in [1.807, 2.05) is 36.4 Å². The fraction of sp³-hybridized carbons (Fsp3) is 0.250. The Balaban J connectivity index is 2.11.